The highest BCUT2D eigenvalue weighted by Crippen LogP contribution is 2.57. The quantitative estimate of drug-likeness (QED) is 0.776. The molecule has 0 aliphatic heterocycles. The third kappa shape index (κ3) is 2.65. The monoisotopic (exact) mass is 280 g/mol. The summed E-state index contributed by atoms with van der Waals surface area (Å²) in [5.41, 5.74) is 0.516. The first-order valence-corrected chi connectivity index (χ1v) is 8.81. The van der Waals surface area contributed by atoms with Gasteiger partial charge in [-0.15, -0.1) is 0 Å². The van der Waals surface area contributed by atoms with E-state index in [0.29, 0.717) is 11.5 Å². The first-order chi connectivity index (χ1) is 9.76. The molecule has 2 atom stereocenters. The van der Waals surface area contributed by atoms with E-state index in [0.717, 1.165) is 25.2 Å². The average molecular weight is 280 g/mol. The molecule has 2 unspecified atom stereocenters. The summed E-state index contributed by atoms with van der Waals surface area (Å²) in [5.74, 6) is 0. The number of nitrogens with zero attached hydrogens (tertiary/aromatic N) is 1. The summed E-state index contributed by atoms with van der Waals surface area (Å²) in [5, 5.41) is 3.83. The highest BCUT2D eigenvalue weighted by molar-refractivity contribution is 5.12. The van der Waals surface area contributed by atoms with Gasteiger partial charge in [0.05, 0.1) is 6.10 Å². The molecule has 0 amide bonds. The molecule has 20 heavy (non-hydrogen) atoms. The number of ether oxygens (including phenoxy) is 1. The molecule has 0 radical (unpaired) electrons. The van der Waals surface area contributed by atoms with Crippen molar-refractivity contribution in [1.82, 2.24) is 10.2 Å². The van der Waals surface area contributed by atoms with Gasteiger partial charge < -0.3 is 15.0 Å². The van der Waals surface area contributed by atoms with Crippen molar-refractivity contribution in [3.8, 4) is 0 Å². The molecule has 116 valence electrons. The maximum atomic E-state index is 5.92. The van der Waals surface area contributed by atoms with Crippen LogP contribution in [-0.4, -0.2) is 49.8 Å². The Morgan fingerprint density at radius 2 is 1.95 bits per heavy atom. The maximum Gasteiger partial charge on any atom is 0.0661 e. The van der Waals surface area contributed by atoms with Crippen LogP contribution in [0.2, 0.25) is 0 Å². The van der Waals surface area contributed by atoms with Crippen LogP contribution in [0.5, 0.6) is 0 Å². The number of hydrogen-bond donors (Lipinski definition) is 1. The van der Waals surface area contributed by atoms with Gasteiger partial charge in [0.15, 0.2) is 0 Å². The van der Waals surface area contributed by atoms with Crippen molar-refractivity contribution >= 4 is 0 Å². The molecule has 1 spiro atoms. The molecule has 3 rings (SSSR count). The van der Waals surface area contributed by atoms with Crippen LogP contribution in [0.4, 0.5) is 0 Å². The SMILES string of the molecule is CCOC1CC(NCCN(C)C2CCCC2)C12CCC2. The molecular weight excluding hydrogens is 248 g/mol. The second-order valence-electron chi connectivity index (χ2n) is 7.19. The van der Waals surface area contributed by atoms with Crippen molar-refractivity contribution in [2.45, 2.75) is 76.5 Å². The molecule has 3 nitrogen and oxygen atoms in total. The summed E-state index contributed by atoms with van der Waals surface area (Å²) in [6.07, 6.45) is 11.7. The number of rotatable bonds is 7. The molecule has 0 aromatic carbocycles. The predicted molar refractivity (Wildman–Crippen MR) is 83.0 cm³/mol. The molecule has 3 heteroatoms. The number of hydrogen-bond acceptors (Lipinski definition) is 3. The molecule has 3 saturated carbocycles. The summed E-state index contributed by atoms with van der Waals surface area (Å²) in [6, 6.07) is 1.58. The normalized spacial score (nSPS) is 32.5. The highest BCUT2D eigenvalue weighted by atomic mass is 16.5. The number of nitrogens with one attached hydrogen (secondary N) is 1. The summed E-state index contributed by atoms with van der Waals surface area (Å²) in [4.78, 5) is 2.58. The molecule has 3 aliphatic carbocycles. The van der Waals surface area contributed by atoms with Crippen molar-refractivity contribution in [2.75, 3.05) is 26.7 Å². The Hall–Kier alpha value is -0.120. The van der Waals surface area contributed by atoms with E-state index in [4.69, 9.17) is 4.74 Å². The summed E-state index contributed by atoms with van der Waals surface area (Å²) < 4.78 is 5.92. The Labute approximate surface area is 124 Å². The van der Waals surface area contributed by atoms with E-state index in [2.05, 4.69) is 24.2 Å². The minimum absolute atomic E-state index is 0.516. The molecule has 0 heterocycles. The zero-order chi connectivity index (χ0) is 14.0. The zero-order valence-electron chi connectivity index (χ0n) is 13.4. The van der Waals surface area contributed by atoms with Crippen molar-refractivity contribution in [2.24, 2.45) is 5.41 Å². The largest absolute Gasteiger partial charge is 0.378 e. The van der Waals surface area contributed by atoms with Gasteiger partial charge in [-0.1, -0.05) is 19.3 Å². The van der Waals surface area contributed by atoms with E-state index >= 15 is 0 Å². The van der Waals surface area contributed by atoms with Crippen LogP contribution >= 0.6 is 0 Å². The van der Waals surface area contributed by atoms with E-state index in [-0.39, 0.29) is 0 Å². The molecular formula is C17H32N2O. The lowest BCUT2D eigenvalue weighted by atomic mass is 9.51. The second kappa shape index (κ2) is 6.33. The summed E-state index contributed by atoms with van der Waals surface area (Å²) >= 11 is 0. The van der Waals surface area contributed by atoms with E-state index < -0.39 is 0 Å². The van der Waals surface area contributed by atoms with Crippen molar-refractivity contribution < 1.29 is 4.74 Å². The Morgan fingerprint density at radius 1 is 1.20 bits per heavy atom. The Kier molecular flexibility index (Phi) is 4.68. The van der Waals surface area contributed by atoms with Gasteiger partial charge in [0.2, 0.25) is 0 Å². The van der Waals surface area contributed by atoms with Crippen LogP contribution in [0.1, 0.15) is 58.3 Å². The van der Waals surface area contributed by atoms with Gasteiger partial charge in [0, 0.05) is 37.2 Å². The lowest BCUT2D eigenvalue weighted by Gasteiger charge is -2.61. The minimum Gasteiger partial charge on any atom is -0.378 e. The van der Waals surface area contributed by atoms with Crippen LogP contribution in [0.15, 0.2) is 0 Å². The van der Waals surface area contributed by atoms with Gasteiger partial charge in [-0.3, -0.25) is 0 Å². The van der Waals surface area contributed by atoms with Crippen LogP contribution in [-0.2, 0) is 4.74 Å². The fraction of sp³-hybridized carbons (Fsp3) is 1.00. The van der Waals surface area contributed by atoms with Crippen molar-refractivity contribution in [1.29, 1.82) is 0 Å². The predicted octanol–water partition coefficient (Wildman–Crippen LogP) is 2.80. The van der Waals surface area contributed by atoms with Gasteiger partial charge in [-0.05, 0) is 46.1 Å². The zero-order valence-corrected chi connectivity index (χ0v) is 13.4. The molecule has 0 bridgehead atoms. The molecule has 0 aromatic rings. The fourth-order valence-electron chi connectivity index (χ4n) is 4.67. The van der Waals surface area contributed by atoms with Gasteiger partial charge in [-0.2, -0.15) is 0 Å². The maximum absolute atomic E-state index is 5.92. The summed E-state index contributed by atoms with van der Waals surface area (Å²) in [6.45, 7) is 5.36. The molecule has 3 aliphatic rings. The minimum atomic E-state index is 0.516. The topological polar surface area (TPSA) is 24.5 Å². The number of likely N-dealkylation sites (N-methyl/N-ethyl adjacent to an activating group) is 1. The van der Waals surface area contributed by atoms with E-state index in [1.54, 1.807) is 0 Å². The molecule has 3 fully saturated rings. The van der Waals surface area contributed by atoms with E-state index in [9.17, 15) is 0 Å². The van der Waals surface area contributed by atoms with Gasteiger partial charge in [0.25, 0.3) is 0 Å². The smallest absolute Gasteiger partial charge is 0.0661 e. The third-order valence-electron chi connectivity index (χ3n) is 6.24. The molecule has 0 saturated heterocycles. The highest BCUT2D eigenvalue weighted by Gasteiger charge is 2.58. The first kappa shape index (κ1) is 14.8. The van der Waals surface area contributed by atoms with Crippen LogP contribution in [0.3, 0.4) is 0 Å². The van der Waals surface area contributed by atoms with Gasteiger partial charge >= 0.3 is 0 Å². The van der Waals surface area contributed by atoms with Crippen LogP contribution in [0.25, 0.3) is 0 Å². The first-order valence-electron chi connectivity index (χ1n) is 8.81. The van der Waals surface area contributed by atoms with E-state index in [1.165, 1.54) is 57.9 Å². The Balaban J connectivity index is 1.38. The van der Waals surface area contributed by atoms with Crippen LogP contribution in [0, 0.1) is 5.41 Å². The third-order valence-corrected chi connectivity index (χ3v) is 6.24. The standard InChI is InChI=1S/C17H32N2O/c1-3-20-16-13-15(17(16)9-6-10-17)18-11-12-19(2)14-7-4-5-8-14/h14-16,18H,3-13H2,1-2H3. The Bertz CT molecular complexity index is 310. The second-order valence-corrected chi connectivity index (χ2v) is 7.19. The van der Waals surface area contributed by atoms with Crippen molar-refractivity contribution in [3.05, 3.63) is 0 Å². The van der Waals surface area contributed by atoms with Gasteiger partial charge in [0.1, 0.15) is 0 Å². The fourth-order valence-corrected chi connectivity index (χ4v) is 4.67. The lowest BCUT2D eigenvalue weighted by Crippen LogP contribution is -2.67. The Morgan fingerprint density at radius 3 is 2.55 bits per heavy atom. The van der Waals surface area contributed by atoms with Gasteiger partial charge in [-0.25, -0.2) is 0 Å². The molecule has 0 aromatic heterocycles. The summed E-state index contributed by atoms with van der Waals surface area (Å²) in [7, 11) is 2.31. The van der Waals surface area contributed by atoms with Crippen molar-refractivity contribution in [3.63, 3.8) is 0 Å². The average Bonchev–Trinajstić information content (AvgIpc) is 2.88. The molecule has 1 N–H and O–H groups in total. The van der Waals surface area contributed by atoms with Crippen LogP contribution < -0.4 is 5.32 Å². The lowest BCUT2D eigenvalue weighted by molar-refractivity contribution is -0.172. The van der Waals surface area contributed by atoms with E-state index in [1.807, 2.05) is 0 Å².